The number of carbonyl (C=O) groups is 1. The first-order chi connectivity index (χ1) is 9.90. The average molecular weight is 288 g/mol. The highest BCUT2D eigenvalue weighted by Crippen LogP contribution is 2.25. The van der Waals surface area contributed by atoms with Crippen molar-refractivity contribution >= 4 is 5.78 Å². The molecule has 1 nitrogen and oxygen atoms in total. The third kappa shape index (κ3) is 6.96. The number of carbonyl (C=O) groups excluding carboxylic acids is 1. The smallest absolute Gasteiger partial charge is 0.136 e. The van der Waals surface area contributed by atoms with Crippen LogP contribution >= 0.6 is 0 Å². The first-order valence-electron chi connectivity index (χ1n) is 8.49. The van der Waals surface area contributed by atoms with E-state index in [-0.39, 0.29) is 5.92 Å². The van der Waals surface area contributed by atoms with Gasteiger partial charge in [-0.05, 0) is 69.4 Å². The maximum absolute atomic E-state index is 12.5. The quantitative estimate of drug-likeness (QED) is 0.436. The van der Waals surface area contributed by atoms with Gasteiger partial charge in [0.2, 0.25) is 0 Å². The Kier molecular flexibility index (Phi) is 7.75. The molecule has 0 N–H and O–H groups in total. The van der Waals surface area contributed by atoms with Crippen LogP contribution in [0, 0.1) is 17.8 Å². The zero-order valence-electron chi connectivity index (χ0n) is 14.5. The summed E-state index contributed by atoms with van der Waals surface area (Å²) in [6.07, 6.45) is 10.4. The van der Waals surface area contributed by atoms with Gasteiger partial charge in [-0.2, -0.15) is 0 Å². The Hall–Kier alpha value is -1.07. The molecule has 0 aromatic heterocycles. The third-order valence-corrected chi connectivity index (χ3v) is 4.50. The molecule has 21 heavy (non-hydrogen) atoms. The van der Waals surface area contributed by atoms with Crippen LogP contribution in [0.5, 0.6) is 0 Å². The van der Waals surface area contributed by atoms with Gasteiger partial charge in [0.15, 0.2) is 0 Å². The summed E-state index contributed by atoms with van der Waals surface area (Å²) in [7, 11) is 0. The molecule has 0 saturated heterocycles. The first kappa shape index (κ1) is 18.0. The second kappa shape index (κ2) is 9.05. The van der Waals surface area contributed by atoms with Crippen LogP contribution in [0.2, 0.25) is 0 Å². The first-order valence-corrected chi connectivity index (χ1v) is 8.49. The summed E-state index contributed by atoms with van der Waals surface area (Å²) in [6, 6.07) is 0. The van der Waals surface area contributed by atoms with Crippen molar-refractivity contribution in [2.45, 2.75) is 73.1 Å². The lowest BCUT2D eigenvalue weighted by Crippen LogP contribution is -2.22. The molecule has 2 atom stereocenters. The van der Waals surface area contributed by atoms with Gasteiger partial charge in [-0.1, -0.05) is 32.4 Å². The minimum absolute atomic E-state index is 0.222. The molecular formula is C20H32O. The molecule has 0 unspecified atom stereocenters. The van der Waals surface area contributed by atoms with E-state index in [0.29, 0.717) is 24.0 Å². The van der Waals surface area contributed by atoms with Gasteiger partial charge in [0.05, 0.1) is 0 Å². The second-order valence-electron chi connectivity index (χ2n) is 7.12. The fourth-order valence-corrected chi connectivity index (χ4v) is 2.97. The predicted octanol–water partition coefficient (Wildman–Crippen LogP) is 5.87. The van der Waals surface area contributed by atoms with Crippen molar-refractivity contribution < 1.29 is 4.79 Å². The number of allylic oxidation sites excluding steroid dienone is 3. The summed E-state index contributed by atoms with van der Waals surface area (Å²) in [6.45, 7) is 10.9. The molecule has 1 aliphatic carbocycles. The van der Waals surface area contributed by atoms with Crippen molar-refractivity contribution in [2.75, 3.05) is 0 Å². The van der Waals surface area contributed by atoms with Crippen LogP contribution < -0.4 is 0 Å². The lowest BCUT2D eigenvalue weighted by molar-refractivity contribution is -0.125. The molecule has 0 radical (unpaired) electrons. The Labute approximate surface area is 131 Å². The zero-order chi connectivity index (χ0) is 15.8. The van der Waals surface area contributed by atoms with Gasteiger partial charge >= 0.3 is 0 Å². The van der Waals surface area contributed by atoms with E-state index in [1.54, 1.807) is 0 Å². The topological polar surface area (TPSA) is 17.1 Å². The Morgan fingerprint density at radius 1 is 1.24 bits per heavy atom. The molecule has 0 aromatic carbocycles. The third-order valence-electron chi connectivity index (χ3n) is 4.50. The standard InChI is InChI=1S/C20H32O/c1-15(2)19-13-12-17(4)10-6-8-16(3)9-7-11-18(5)14-20(19)21/h7,10,15,18-19H,6,8,11-14H2,1-5H3/b17-10-/t9?,18-,19+/m1/s1. The van der Waals surface area contributed by atoms with Gasteiger partial charge in [-0.25, -0.2) is 0 Å². The summed E-state index contributed by atoms with van der Waals surface area (Å²) < 4.78 is 0. The Balaban J connectivity index is 2.88. The second-order valence-corrected chi connectivity index (χ2v) is 7.12. The number of hydrogen-bond donors (Lipinski definition) is 0. The van der Waals surface area contributed by atoms with Gasteiger partial charge in [0, 0.05) is 12.3 Å². The molecule has 1 heteroatoms. The fourth-order valence-electron chi connectivity index (χ4n) is 2.97. The molecular weight excluding hydrogens is 256 g/mol. The zero-order valence-corrected chi connectivity index (χ0v) is 14.5. The monoisotopic (exact) mass is 288 g/mol. The lowest BCUT2D eigenvalue weighted by atomic mass is 9.82. The Morgan fingerprint density at radius 3 is 2.62 bits per heavy atom. The van der Waals surface area contributed by atoms with Crippen molar-refractivity contribution in [1.82, 2.24) is 0 Å². The maximum atomic E-state index is 12.5. The van der Waals surface area contributed by atoms with E-state index in [9.17, 15) is 4.79 Å². The lowest BCUT2D eigenvalue weighted by Gasteiger charge is -2.21. The molecule has 118 valence electrons. The van der Waals surface area contributed by atoms with Crippen LogP contribution in [0.15, 0.2) is 29.0 Å². The van der Waals surface area contributed by atoms with Crippen LogP contribution in [0.1, 0.15) is 73.1 Å². The molecule has 0 heterocycles. The molecule has 0 amide bonds. The summed E-state index contributed by atoms with van der Waals surface area (Å²) in [5.74, 6) is 1.55. The number of hydrogen-bond acceptors (Lipinski definition) is 1. The van der Waals surface area contributed by atoms with Crippen LogP contribution in [-0.2, 0) is 4.79 Å². The van der Waals surface area contributed by atoms with Crippen LogP contribution in [0.25, 0.3) is 0 Å². The molecule has 0 saturated carbocycles. The number of Topliss-reactive ketones (excluding diaryl/α,β-unsaturated/α-hetero) is 1. The normalized spacial score (nSPS) is 28.8. The molecule has 1 rings (SSSR count). The minimum atomic E-state index is 0.222. The van der Waals surface area contributed by atoms with Gasteiger partial charge in [0.1, 0.15) is 5.78 Å². The molecule has 0 spiro atoms. The van der Waals surface area contributed by atoms with Gasteiger partial charge in [-0.3, -0.25) is 4.79 Å². The number of rotatable bonds is 1. The summed E-state index contributed by atoms with van der Waals surface area (Å²) in [5, 5.41) is 0. The molecule has 0 aliphatic heterocycles. The van der Waals surface area contributed by atoms with Crippen LogP contribution in [0.3, 0.4) is 0 Å². The van der Waals surface area contributed by atoms with Crippen LogP contribution in [0.4, 0.5) is 0 Å². The van der Waals surface area contributed by atoms with Crippen molar-refractivity contribution in [1.29, 1.82) is 0 Å². The highest BCUT2D eigenvalue weighted by Gasteiger charge is 2.23. The minimum Gasteiger partial charge on any atom is -0.299 e. The van der Waals surface area contributed by atoms with Gasteiger partial charge in [0.25, 0.3) is 0 Å². The van der Waals surface area contributed by atoms with E-state index >= 15 is 0 Å². The van der Waals surface area contributed by atoms with E-state index in [4.69, 9.17) is 0 Å². The van der Waals surface area contributed by atoms with Crippen molar-refractivity contribution in [3.63, 3.8) is 0 Å². The summed E-state index contributed by atoms with van der Waals surface area (Å²) in [5.41, 5.74) is 6.12. The van der Waals surface area contributed by atoms with Crippen molar-refractivity contribution in [3.05, 3.63) is 29.0 Å². The molecule has 1 aliphatic rings. The van der Waals surface area contributed by atoms with E-state index in [0.717, 1.165) is 32.1 Å². The highest BCUT2D eigenvalue weighted by molar-refractivity contribution is 5.81. The predicted molar refractivity (Wildman–Crippen MR) is 91.2 cm³/mol. The van der Waals surface area contributed by atoms with E-state index in [2.05, 4.69) is 52.5 Å². The van der Waals surface area contributed by atoms with E-state index in [1.807, 2.05) is 0 Å². The van der Waals surface area contributed by atoms with Gasteiger partial charge in [-0.15, -0.1) is 5.73 Å². The largest absolute Gasteiger partial charge is 0.299 e. The van der Waals surface area contributed by atoms with Crippen molar-refractivity contribution in [3.8, 4) is 0 Å². The Morgan fingerprint density at radius 2 is 1.95 bits per heavy atom. The molecule has 0 fully saturated rings. The SMILES string of the molecule is CC1=C=CC[C@@H](C)CC(=O)[C@H](C(C)C)CC/C(C)=C\CC1. The Bertz CT molecular complexity index is 433. The maximum Gasteiger partial charge on any atom is 0.136 e. The molecule has 0 bridgehead atoms. The highest BCUT2D eigenvalue weighted by atomic mass is 16.1. The van der Waals surface area contributed by atoms with Gasteiger partial charge < -0.3 is 0 Å². The van der Waals surface area contributed by atoms with E-state index < -0.39 is 0 Å². The molecule has 0 aromatic rings. The summed E-state index contributed by atoms with van der Waals surface area (Å²) >= 11 is 0. The summed E-state index contributed by atoms with van der Waals surface area (Å²) in [4.78, 5) is 12.5. The van der Waals surface area contributed by atoms with Crippen molar-refractivity contribution in [2.24, 2.45) is 17.8 Å². The fraction of sp³-hybridized carbons (Fsp3) is 0.700. The van der Waals surface area contributed by atoms with Crippen LogP contribution in [-0.4, -0.2) is 5.78 Å². The number of ketones is 1. The average Bonchev–Trinajstić information content (AvgIpc) is 2.37. The van der Waals surface area contributed by atoms with E-state index in [1.165, 1.54) is 11.1 Å².